The van der Waals surface area contributed by atoms with Crippen molar-refractivity contribution in [3.63, 3.8) is 0 Å². The first kappa shape index (κ1) is 17.1. The minimum absolute atomic E-state index is 0.737. The third-order valence-electron chi connectivity index (χ3n) is 3.35. The first-order valence-electron chi connectivity index (χ1n) is 7.20. The molecule has 0 bridgehead atoms. The number of alkyl halides is 3. The molecule has 0 nitrogen and oxygen atoms in total. The van der Waals surface area contributed by atoms with E-state index in [1.54, 1.807) is 0 Å². The van der Waals surface area contributed by atoms with Crippen molar-refractivity contribution in [2.75, 3.05) is 0 Å². The summed E-state index contributed by atoms with van der Waals surface area (Å²) in [7, 11) is 0. The highest BCUT2D eigenvalue weighted by molar-refractivity contribution is 6.66. The Morgan fingerprint density at radius 3 is 1.84 bits per heavy atom. The molecule has 0 heterocycles. The molecule has 19 heavy (non-hydrogen) atoms. The molecule has 0 fully saturated rings. The van der Waals surface area contributed by atoms with Gasteiger partial charge in [-0.25, -0.2) is 0 Å². The summed E-state index contributed by atoms with van der Waals surface area (Å²) >= 11 is 17.5. The van der Waals surface area contributed by atoms with Crippen molar-refractivity contribution in [1.82, 2.24) is 0 Å². The predicted molar refractivity (Wildman–Crippen MR) is 87.4 cm³/mol. The van der Waals surface area contributed by atoms with E-state index in [2.05, 4.69) is 19.1 Å². The van der Waals surface area contributed by atoms with Gasteiger partial charge in [0.25, 0.3) is 0 Å². The highest BCUT2D eigenvalue weighted by atomic mass is 35.6. The van der Waals surface area contributed by atoms with Gasteiger partial charge in [-0.1, -0.05) is 105 Å². The number of hydrogen-bond acceptors (Lipinski definition) is 0. The highest BCUT2D eigenvalue weighted by Gasteiger charge is 2.21. The zero-order valence-electron chi connectivity index (χ0n) is 11.6. The van der Waals surface area contributed by atoms with E-state index >= 15 is 0 Å². The summed E-state index contributed by atoms with van der Waals surface area (Å²) in [6, 6.07) is 7.94. The molecule has 0 aliphatic heterocycles. The van der Waals surface area contributed by atoms with Crippen LogP contribution in [0.1, 0.15) is 63.0 Å². The fourth-order valence-electron chi connectivity index (χ4n) is 2.15. The average molecular weight is 322 g/mol. The quantitative estimate of drug-likeness (QED) is 0.364. The highest BCUT2D eigenvalue weighted by Crippen LogP contribution is 2.38. The van der Waals surface area contributed by atoms with Crippen molar-refractivity contribution in [3.8, 4) is 0 Å². The lowest BCUT2D eigenvalue weighted by Gasteiger charge is -2.11. The Morgan fingerprint density at radius 2 is 1.32 bits per heavy atom. The normalized spacial score (nSPS) is 11.8. The van der Waals surface area contributed by atoms with Gasteiger partial charge in [0, 0.05) is 5.56 Å². The van der Waals surface area contributed by atoms with E-state index in [9.17, 15) is 0 Å². The van der Waals surface area contributed by atoms with Crippen LogP contribution in [0, 0.1) is 0 Å². The van der Waals surface area contributed by atoms with E-state index in [4.69, 9.17) is 34.8 Å². The fraction of sp³-hybridized carbons (Fsp3) is 0.625. The molecule has 0 spiro atoms. The van der Waals surface area contributed by atoms with Gasteiger partial charge >= 0.3 is 0 Å². The molecule has 0 aliphatic rings. The van der Waals surface area contributed by atoms with Gasteiger partial charge in [0.05, 0.1) is 0 Å². The van der Waals surface area contributed by atoms with Crippen LogP contribution >= 0.6 is 34.8 Å². The summed E-state index contributed by atoms with van der Waals surface area (Å²) in [5, 5.41) is 0. The largest absolute Gasteiger partial charge is 0.216 e. The van der Waals surface area contributed by atoms with Crippen LogP contribution in [0.5, 0.6) is 0 Å². The molecule has 3 heteroatoms. The van der Waals surface area contributed by atoms with Gasteiger partial charge in [0.1, 0.15) is 0 Å². The molecule has 0 unspecified atom stereocenters. The number of rotatable bonds is 8. The van der Waals surface area contributed by atoms with Gasteiger partial charge in [0.2, 0.25) is 3.79 Å². The minimum Gasteiger partial charge on any atom is -0.0784 e. The van der Waals surface area contributed by atoms with Crippen molar-refractivity contribution in [3.05, 3.63) is 35.4 Å². The third-order valence-corrected chi connectivity index (χ3v) is 4.00. The Kier molecular flexibility index (Phi) is 8.21. The summed E-state index contributed by atoms with van der Waals surface area (Å²) in [5.74, 6) is 0. The van der Waals surface area contributed by atoms with Gasteiger partial charge in [-0.3, -0.25) is 0 Å². The monoisotopic (exact) mass is 320 g/mol. The lowest BCUT2D eigenvalue weighted by atomic mass is 10.0. The van der Waals surface area contributed by atoms with Crippen molar-refractivity contribution in [1.29, 1.82) is 0 Å². The maximum atomic E-state index is 5.83. The molecule has 0 saturated carbocycles. The van der Waals surface area contributed by atoms with Gasteiger partial charge in [-0.15, -0.1) is 0 Å². The zero-order valence-corrected chi connectivity index (χ0v) is 13.9. The maximum Gasteiger partial charge on any atom is 0.216 e. The Hall–Kier alpha value is 0.0900. The SMILES string of the molecule is CCCCCCCCCc1ccc(C(Cl)(Cl)Cl)cc1. The second kappa shape index (κ2) is 9.10. The molecule has 0 radical (unpaired) electrons. The Bertz CT molecular complexity index is 338. The number of hydrogen-bond donors (Lipinski definition) is 0. The van der Waals surface area contributed by atoms with E-state index in [0.29, 0.717) is 0 Å². The van der Waals surface area contributed by atoms with Crippen LogP contribution in [0.2, 0.25) is 0 Å². The summed E-state index contributed by atoms with van der Waals surface area (Å²) in [6.07, 6.45) is 10.5. The van der Waals surface area contributed by atoms with E-state index in [1.165, 1.54) is 50.5 Å². The zero-order chi connectivity index (χ0) is 14.1. The van der Waals surface area contributed by atoms with Crippen LogP contribution in [0.3, 0.4) is 0 Å². The summed E-state index contributed by atoms with van der Waals surface area (Å²) in [6.45, 7) is 2.25. The second-order valence-electron chi connectivity index (χ2n) is 5.07. The van der Waals surface area contributed by atoms with E-state index < -0.39 is 3.79 Å². The molecule has 1 rings (SSSR count). The van der Waals surface area contributed by atoms with E-state index in [0.717, 1.165) is 12.0 Å². The molecule has 0 saturated heterocycles. The van der Waals surface area contributed by atoms with Crippen molar-refractivity contribution < 1.29 is 0 Å². The van der Waals surface area contributed by atoms with Gasteiger partial charge in [0.15, 0.2) is 0 Å². The number of benzene rings is 1. The third kappa shape index (κ3) is 7.44. The Morgan fingerprint density at radius 1 is 0.789 bits per heavy atom. The van der Waals surface area contributed by atoms with Gasteiger partial charge < -0.3 is 0 Å². The first-order valence-corrected chi connectivity index (χ1v) is 8.33. The van der Waals surface area contributed by atoms with Crippen LogP contribution in [-0.2, 0) is 10.2 Å². The van der Waals surface area contributed by atoms with Crippen molar-refractivity contribution in [2.45, 2.75) is 62.1 Å². The predicted octanol–water partition coefficient (Wildman–Crippen LogP) is 6.81. The number of unbranched alkanes of at least 4 members (excludes halogenated alkanes) is 6. The fourth-order valence-corrected chi connectivity index (χ4v) is 2.52. The van der Waals surface area contributed by atoms with Crippen LogP contribution in [0.15, 0.2) is 24.3 Å². The summed E-state index contributed by atoms with van der Waals surface area (Å²) in [5.41, 5.74) is 2.06. The topological polar surface area (TPSA) is 0 Å². The molecule has 1 aromatic carbocycles. The molecular weight excluding hydrogens is 299 g/mol. The Labute approximate surface area is 132 Å². The molecule has 0 amide bonds. The van der Waals surface area contributed by atoms with Gasteiger partial charge in [-0.2, -0.15) is 0 Å². The summed E-state index contributed by atoms with van der Waals surface area (Å²) < 4.78 is -1.31. The van der Waals surface area contributed by atoms with Crippen LogP contribution < -0.4 is 0 Å². The molecular formula is C16H23Cl3. The molecule has 0 atom stereocenters. The van der Waals surface area contributed by atoms with Crippen LogP contribution in [-0.4, -0.2) is 0 Å². The molecule has 0 N–H and O–H groups in total. The van der Waals surface area contributed by atoms with Crippen LogP contribution in [0.4, 0.5) is 0 Å². The maximum absolute atomic E-state index is 5.83. The lowest BCUT2D eigenvalue weighted by molar-refractivity contribution is 0.589. The molecule has 108 valence electrons. The van der Waals surface area contributed by atoms with Crippen molar-refractivity contribution in [2.24, 2.45) is 0 Å². The summed E-state index contributed by atoms with van der Waals surface area (Å²) in [4.78, 5) is 0. The molecule has 0 aliphatic carbocycles. The van der Waals surface area contributed by atoms with E-state index in [-0.39, 0.29) is 0 Å². The van der Waals surface area contributed by atoms with E-state index in [1.807, 2.05) is 12.1 Å². The second-order valence-corrected chi connectivity index (χ2v) is 7.35. The van der Waals surface area contributed by atoms with Crippen LogP contribution in [0.25, 0.3) is 0 Å². The Balaban J connectivity index is 2.20. The lowest BCUT2D eigenvalue weighted by Crippen LogP contribution is -1.99. The smallest absolute Gasteiger partial charge is 0.0784 e. The van der Waals surface area contributed by atoms with Gasteiger partial charge in [-0.05, 0) is 18.4 Å². The number of halogens is 3. The molecule has 0 aromatic heterocycles. The number of aryl methyl sites for hydroxylation is 1. The standard InChI is InChI=1S/C16H23Cl3/c1-2-3-4-5-6-7-8-9-14-10-12-15(13-11-14)16(17,18)19/h10-13H,2-9H2,1H3. The van der Waals surface area contributed by atoms with Crippen molar-refractivity contribution >= 4 is 34.8 Å². The molecule has 1 aromatic rings. The first-order chi connectivity index (χ1) is 9.04. The average Bonchev–Trinajstić information content (AvgIpc) is 2.37. The minimum atomic E-state index is -1.31.